The van der Waals surface area contributed by atoms with Crippen molar-refractivity contribution in [3.05, 3.63) is 76.8 Å². The van der Waals surface area contributed by atoms with Gasteiger partial charge in [-0.1, -0.05) is 41.9 Å². The zero-order chi connectivity index (χ0) is 18.8. The molecule has 0 radical (unpaired) electrons. The number of carbonyl (C=O) groups is 1. The van der Waals surface area contributed by atoms with E-state index in [4.69, 9.17) is 11.6 Å². The number of rotatable bonds is 3. The van der Waals surface area contributed by atoms with E-state index in [0.717, 1.165) is 30.5 Å². The summed E-state index contributed by atoms with van der Waals surface area (Å²) in [6.07, 6.45) is 4.06. The molecular formula is C22H20ClFN2O. The topological polar surface area (TPSA) is 33.2 Å². The van der Waals surface area contributed by atoms with Gasteiger partial charge in [0.05, 0.1) is 6.42 Å². The van der Waals surface area contributed by atoms with Crippen molar-refractivity contribution in [3.63, 3.8) is 0 Å². The number of pyridine rings is 1. The zero-order valence-corrected chi connectivity index (χ0v) is 15.6. The SMILES string of the molecule is O=C(Cc1ccc(F)cc1Cl)N1CCCC(c2cc3ccccc3cn2)C1. The first kappa shape index (κ1) is 17.9. The number of carbonyl (C=O) groups excluding carboxylic acids is 1. The van der Waals surface area contributed by atoms with Gasteiger partial charge in [0, 0.05) is 41.3 Å². The zero-order valence-electron chi connectivity index (χ0n) is 14.9. The molecule has 2 heterocycles. The second kappa shape index (κ2) is 7.65. The van der Waals surface area contributed by atoms with E-state index < -0.39 is 5.82 Å². The summed E-state index contributed by atoms with van der Waals surface area (Å²) in [7, 11) is 0. The van der Waals surface area contributed by atoms with E-state index in [1.54, 1.807) is 6.07 Å². The molecule has 0 saturated carbocycles. The first-order valence-corrected chi connectivity index (χ1v) is 9.54. The molecule has 27 heavy (non-hydrogen) atoms. The van der Waals surface area contributed by atoms with Crippen LogP contribution in [0.1, 0.15) is 30.0 Å². The van der Waals surface area contributed by atoms with Gasteiger partial charge in [-0.05, 0) is 42.0 Å². The molecule has 0 bridgehead atoms. The second-order valence-electron chi connectivity index (χ2n) is 7.05. The monoisotopic (exact) mass is 382 g/mol. The molecule has 1 aliphatic heterocycles. The van der Waals surface area contributed by atoms with Crippen molar-refractivity contribution in [2.45, 2.75) is 25.2 Å². The van der Waals surface area contributed by atoms with Gasteiger partial charge >= 0.3 is 0 Å². The average molecular weight is 383 g/mol. The standard InChI is InChI=1S/C22H20ClFN2O/c23-20-12-19(24)8-7-16(20)11-22(27)26-9-3-6-18(14-26)21-10-15-4-1-2-5-17(15)13-25-21/h1-2,4-5,7-8,10,12-13,18H,3,6,9,11,14H2. The Bertz CT molecular complexity index is 991. The third-order valence-corrected chi connectivity index (χ3v) is 5.55. The van der Waals surface area contributed by atoms with Gasteiger partial charge in [0.15, 0.2) is 0 Å². The molecule has 0 spiro atoms. The quantitative estimate of drug-likeness (QED) is 0.640. The lowest BCUT2D eigenvalue weighted by Gasteiger charge is -2.32. The van der Waals surface area contributed by atoms with Crippen LogP contribution in [0, 0.1) is 5.82 Å². The summed E-state index contributed by atoms with van der Waals surface area (Å²) in [4.78, 5) is 19.3. The lowest BCUT2D eigenvalue weighted by Crippen LogP contribution is -2.40. The minimum atomic E-state index is -0.392. The summed E-state index contributed by atoms with van der Waals surface area (Å²) in [5.41, 5.74) is 1.69. The normalized spacial score (nSPS) is 17.3. The van der Waals surface area contributed by atoms with Crippen molar-refractivity contribution in [3.8, 4) is 0 Å². The third-order valence-electron chi connectivity index (χ3n) is 5.20. The maximum Gasteiger partial charge on any atom is 0.227 e. The molecule has 4 rings (SSSR count). The van der Waals surface area contributed by atoms with Crippen molar-refractivity contribution < 1.29 is 9.18 Å². The third kappa shape index (κ3) is 3.96. The number of nitrogens with zero attached hydrogens (tertiary/aromatic N) is 2. The van der Waals surface area contributed by atoms with E-state index >= 15 is 0 Å². The summed E-state index contributed by atoms with van der Waals surface area (Å²) in [5, 5.41) is 2.59. The van der Waals surface area contributed by atoms with E-state index in [1.165, 1.54) is 17.5 Å². The van der Waals surface area contributed by atoms with E-state index in [-0.39, 0.29) is 18.2 Å². The summed E-state index contributed by atoms with van der Waals surface area (Å²) in [6.45, 7) is 1.39. The van der Waals surface area contributed by atoms with Crippen LogP contribution in [0.3, 0.4) is 0 Å². The number of likely N-dealkylation sites (tertiary alicyclic amines) is 1. The maximum absolute atomic E-state index is 13.2. The molecule has 1 aliphatic rings. The van der Waals surface area contributed by atoms with Gasteiger partial charge in [0.1, 0.15) is 5.82 Å². The predicted octanol–water partition coefficient (Wildman–Crippen LogP) is 4.98. The van der Waals surface area contributed by atoms with Crippen LogP contribution in [0.2, 0.25) is 5.02 Å². The van der Waals surface area contributed by atoms with E-state index in [9.17, 15) is 9.18 Å². The number of hydrogen-bond donors (Lipinski definition) is 0. The van der Waals surface area contributed by atoms with Crippen molar-refractivity contribution in [1.29, 1.82) is 0 Å². The van der Waals surface area contributed by atoms with Crippen molar-refractivity contribution >= 4 is 28.3 Å². The van der Waals surface area contributed by atoms with Gasteiger partial charge in [0.25, 0.3) is 0 Å². The van der Waals surface area contributed by atoms with Crippen LogP contribution in [0.4, 0.5) is 4.39 Å². The fourth-order valence-electron chi connectivity index (χ4n) is 3.71. The first-order chi connectivity index (χ1) is 13.1. The smallest absolute Gasteiger partial charge is 0.227 e. The van der Waals surface area contributed by atoms with Crippen LogP contribution in [0.25, 0.3) is 10.8 Å². The highest BCUT2D eigenvalue weighted by molar-refractivity contribution is 6.31. The number of fused-ring (bicyclic) bond motifs is 1. The summed E-state index contributed by atoms with van der Waals surface area (Å²) < 4.78 is 13.2. The van der Waals surface area contributed by atoms with Crippen molar-refractivity contribution in [2.24, 2.45) is 0 Å². The van der Waals surface area contributed by atoms with E-state index in [0.29, 0.717) is 17.1 Å². The van der Waals surface area contributed by atoms with Crippen LogP contribution < -0.4 is 0 Å². The van der Waals surface area contributed by atoms with Crippen LogP contribution in [0.15, 0.2) is 54.7 Å². The molecule has 1 amide bonds. The molecule has 1 saturated heterocycles. The molecule has 1 atom stereocenters. The molecule has 1 fully saturated rings. The predicted molar refractivity (Wildman–Crippen MR) is 105 cm³/mol. The van der Waals surface area contributed by atoms with E-state index in [2.05, 4.69) is 23.2 Å². The molecule has 1 unspecified atom stereocenters. The largest absolute Gasteiger partial charge is 0.342 e. The molecule has 0 N–H and O–H groups in total. The Morgan fingerprint density at radius 3 is 2.81 bits per heavy atom. The highest BCUT2D eigenvalue weighted by atomic mass is 35.5. The summed E-state index contributed by atoms with van der Waals surface area (Å²) >= 11 is 6.07. The first-order valence-electron chi connectivity index (χ1n) is 9.16. The Balaban J connectivity index is 1.49. The van der Waals surface area contributed by atoms with Gasteiger partial charge in [-0.15, -0.1) is 0 Å². The molecule has 2 aromatic carbocycles. The average Bonchev–Trinajstić information content (AvgIpc) is 2.70. The molecular weight excluding hydrogens is 363 g/mol. The number of halogens is 2. The molecule has 3 nitrogen and oxygen atoms in total. The molecule has 138 valence electrons. The van der Waals surface area contributed by atoms with E-state index in [1.807, 2.05) is 23.2 Å². The Hall–Kier alpha value is -2.46. The van der Waals surface area contributed by atoms with Gasteiger partial charge in [-0.3, -0.25) is 9.78 Å². The van der Waals surface area contributed by atoms with Gasteiger partial charge < -0.3 is 4.90 Å². The fourth-order valence-corrected chi connectivity index (χ4v) is 3.94. The number of benzene rings is 2. The Morgan fingerprint density at radius 2 is 2.00 bits per heavy atom. The van der Waals surface area contributed by atoms with Gasteiger partial charge in [-0.25, -0.2) is 4.39 Å². The minimum Gasteiger partial charge on any atom is -0.342 e. The van der Waals surface area contributed by atoms with Gasteiger partial charge in [-0.2, -0.15) is 0 Å². The lowest BCUT2D eigenvalue weighted by atomic mass is 9.93. The Morgan fingerprint density at radius 1 is 1.19 bits per heavy atom. The molecule has 5 heteroatoms. The van der Waals surface area contributed by atoms with Crippen LogP contribution in [-0.2, 0) is 11.2 Å². The van der Waals surface area contributed by atoms with Crippen LogP contribution in [-0.4, -0.2) is 28.9 Å². The van der Waals surface area contributed by atoms with Crippen molar-refractivity contribution in [2.75, 3.05) is 13.1 Å². The second-order valence-corrected chi connectivity index (χ2v) is 7.45. The highest BCUT2D eigenvalue weighted by Crippen LogP contribution is 2.28. The number of piperidine rings is 1. The number of hydrogen-bond acceptors (Lipinski definition) is 2. The van der Waals surface area contributed by atoms with Crippen LogP contribution in [0.5, 0.6) is 0 Å². The number of amides is 1. The summed E-state index contributed by atoms with van der Waals surface area (Å²) in [5.74, 6) is -0.137. The molecule has 0 aliphatic carbocycles. The summed E-state index contributed by atoms with van der Waals surface area (Å²) in [6, 6.07) is 14.5. The minimum absolute atomic E-state index is 0.0222. The maximum atomic E-state index is 13.2. The van der Waals surface area contributed by atoms with Gasteiger partial charge in [0.2, 0.25) is 5.91 Å². The molecule has 3 aromatic rings. The highest BCUT2D eigenvalue weighted by Gasteiger charge is 2.26. The Kier molecular flexibility index (Phi) is 5.08. The lowest BCUT2D eigenvalue weighted by molar-refractivity contribution is -0.131. The van der Waals surface area contributed by atoms with Crippen molar-refractivity contribution in [1.82, 2.24) is 9.88 Å². The number of aromatic nitrogens is 1. The van der Waals surface area contributed by atoms with Crippen LogP contribution >= 0.6 is 11.6 Å². The fraction of sp³-hybridized carbons (Fsp3) is 0.273. The molecule has 1 aromatic heterocycles. The Labute approximate surface area is 162 Å².